The molecule has 2 unspecified atom stereocenters. The van der Waals surface area contributed by atoms with Crippen LogP contribution in [0.3, 0.4) is 0 Å². The highest BCUT2D eigenvalue weighted by Gasteiger charge is 2.40. The molecule has 3 N–H and O–H groups in total. The molecular formula is C28H32N2O5. The lowest BCUT2D eigenvalue weighted by Gasteiger charge is -2.35. The van der Waals surface area contributed by atoms with E-state index in [0.29, 0.717) is 11.8 Å². The third-order valence-electron chi connectivity index (χ3n) is 7.70. The third kappa shape index (κ3) is 5.19. The van der Waals surface area contributed by atoms with Gasteiger partial charge in [0.1, 0.15) is 12.6 Å². The standard InChI is InChI=1S/C28H32N2O5/c31-25(32)15-14-24(27(33)30-26(18-12-13-18)17-6-5-7-17)29-28(34)35-16-23-21-10-3-1-8-19(21)20-9-2-4-11-22(20)23/h1-4,8-11,17-18,23-24,26H,5-7,12-16H2,(H,29,34)(H,30,33)(H,31,32). The molecule has 35 heavy (non-hydrogen) atoms. The second-order valence-electron chi connectivity index (χ2n) is 10.0. The van der Waals surface area contributed by atoms with Gasteiger partial charge in [-0.15, -0.1) is 0 Å². The Morgan fingerprint density at radius 3 is 2.03 bits per heavy atom. The fraction of sp³-hybridized carbons (Fsp3) is 0.464. The smallest absolute Gasteiger partial charge is 0.407 e. The van der Waals surface area contributed by atoms with Crippen LogP contribution in [0.1, 0.15) is 62.0 Å². The Labute approximate surface area is 205 Å². The van der Waals surface area contributed by atoms with E-state index in [9.17, 15) is 14.4 Å². The first-order valence-corrected chi connectivity index (χ1v) is 12.6. The number of ether oxygens (including phenoxy) is 1. The van der Waals surface area contributed by atoms with Crippen molar-refractivity contribution in [2.24, 2.45) is 11.8 Å². The van der Waals surface area contributed by atoms with Crippen molar-refractivity contribution in [3.8, 4) is 11.1 Å². The summed E-state index contributed by atoms with van der Waals surface area (Å²) in [6, 6.07) is 15.3. The molecule has 7 nitrogen and oxygen atoms in total. The quantitative estimate of drug-likeness (QED) is 0.470. The molecule has 0 aliphatic heterocycles. The normalized spacial score (nSPS) is 18.5. The van der Waals surface area contributed by atoms with Crippen LogP contribution in [0.15, 0.2) is 48.5 Å². The number of benzene rings is 2. The molecule has 0 aromatic heterocycles. The van der Waals surface area contributed by atoms with E-state index >= 15 is 0 Å². The minimum absolute atomic E-state index is 0.0212. The zero-order chi connectivity index (χ0) is 24.4. The Morgan fingerprint density at radius 2 is 1.49 bits per heavy atom. The van der Waals surface area contributed by atoms with E-state index in [1.807, 2.05) is 36.4 Å². The summed E-state index contributed by atoms with van der Waals surface area (Å²) in [6.45, 7) is 0.139. The van der Waals surface area contributed by atoms with Crippen molar-refractivity contribution in [3.05, 3.63) is 59.7 Å². The van der Waals surface area contributed by atoms with Crippen molar-refractivity contribution >= 4 is 18.0 Å². The first-order chi connectivity index (χ1) is 17.0. The molecule has 0 radical (unpaired) electrons. The molecule has 0 bridgehead atoms. The lowest BCUT2D eigenvalue weighted by molar-refractivity contribution is -0.137. The van der Waals surface area contributed by atoms with E-state index < -0.39 is 18.1 Å². The van der Waals surface area contributed by atoms with Crippen molar-refractivity contribution in [1.29, 1.82) is 0 Å². The molecule has 184 valence electrons. The van der Waals surface area contributed by atoms with Crippen LogP contribution >= 0.6 is 0 Å². The van der Waals surface area contributed by atoms with Crippen LogP contribution in [-0.4, -0.2) is 41.8 Å². The molecule has 7 heteroatoms. The first kappa shape index (κ1) is 23.4. The number of carboxylic acids is 1. The maximum atomic E-state index is 13.1. The Balaban J connectivity index is 1.23. The van der Waals surface area contributed by atoms with Gasteiger partial charge in [0, 0.05) is 18.4 Å². The number of aliphatic carboxylic acids is 1. The van der Waals surface area contributed by atoms with Gasteiger partial charge in [-0.3, -0.25) is 9.59 Å². The highest BCUT2D eigenvalue weighted by molar-refractivity contribution is 5.86. The lowest BCUT2D eigenvalue weighted by Crippen LogP contribution is -2.53. The van der Waals surface area contributed by atoms with Gasteiger partial charge in [0.2, 0.25) is 5.91 Å². The van der Waals surface area contributed by atoms with E-state index in [4.69, 9.17) is 9.84 Å². The zero-order valence-corrected chi connectivity index (χ0v) is 19.7. The van der Waals surface area contributed by atoms with Gasteiger partial charge >= 0.3 is 12.1 Å². The average molecular weight is 477 g/mol. The highest BCUT2D eigenvalue weighted by atomic mass is 16.5. The predicted octanol–water partition coefficient (Wildman–Crippen LogP) is 4.45. The Bertz CT molecular complexity index is 1060. The summed E-state index contributed by atoms with van der Waals surface area (Å²) in [6.07, 6.45) is 4.74. The second kappa shape index (κ2) is 10.1. The molecular weight excluding hydrogens is 444 g/mol. The molecule has 2 fully saturated rings. The number of amides is 2. The third-order valence-corrected chi connectivity index (χ3v) is 7.70. The van der Waals surface area contributed by atoms with Crippen LogP contribution in [-0.2, 0) is 14.3 Å². The van der Waals surface area contributed by atoms with Crippen LogP contribution < -0.4 is 10.6 Å². The molecule has 0 saturated heterocycles. The lowest BCUT2D eigenvalue weighted by atomic mass is 9.78. The van der Waals surface area contributed by atoms with E-state index in [1.165, 1.54) is 6.42 Å². The minimum atomic E-state index is -1.00. The van der Waals surface area contributed by atoms with Gasteiger partial charge in [-0.05, 0) is 66.2 Å². The van der Waals surface area contributed by atoms with Crippen molar-refractivity contribution in [2.45, 2.75) is 62.9 Å². The predicted molar refractivity (Wildman–Crippen MR) is 131 cm³/mol. The van der Waals surface area contributed by atoms with E-state index in [2.05, 4.69) is 22.8 Å². The molecule has 3 aliphatic rings. The molecule has 2 atom stereocenters. The van der Waals surface area contributed by atoms with E-state index in [0.717, 1.165) is 47.9 Å². The van der Waals surface area contributed by atoms with Gasteiger partial charge < -0.3 is 20.5 Å². The summed E-state index contributed by atoms with van der Waals surface area (Å²) in [4.78, 5) is 37.0. The topological polar surface area (TPSA) is 105 Å². The molecule has 2 aromatic rings. The van der Waals surface area contributed by atoms with Crippen molar-refractivity contribution in [3.63, 3.8) is 0 Å². The van der Waals surface area contributed by atoms with Crippen molar-refractivity contribution < 1.29 is 24.2 Å². The Morgan fingerprint density at radius 1 is 0.886 bits per heavy atom. The SMILES string of the molecule is O=C(O)CCC(NC(=O)OCC1c2ccccc2-c2ccccc21)C(=O)NC(C1CCC1)C1CC1. The number of carbonyl (C=O) groups excluding carboxylic acids is 2. The average Bonchev–Trinajstić information content (AvgIpc) is 3.61. The van der Waals surface area contributed by atoms with Gasteiger partial charge in [0.05, 0.1) is 0 Å². The fourth-order valence-corrected chi connectivity index (χ4v) is 5.46. The number of hydrogen-bond acceptors (Lipinski definition) is 4. The molecule has 2 amide bonds. The molecule has 2 aromatic carbocycles. The molecule has 3 aliphatic carbocycles. The monoisotopic (exact) mass is 476 g/mol. The van der Waals surface area contributed by atoms with Gasteiger partial charge in [0.15, 0.2) is 0 Å². The van der Waals surface area contributed by atoms with Gasteiger partial charge in [-0.1, -0.05) is 55.0 Å². The van der Waals surface area contributed by atoms with Gasteiger partial charge in [-0.2, -0.15) is 0 Å². The number of nitrogens with one attached hydrogen (secondary N) is 2. The second-order valence-corrected chi connectivity index (χ2v) is 10.0. The first-order valence-electron chi connectivity index (χ1n) is 12.6. The van der Waals surface area contributed by atoms with Crippen LogP contribution in [0.5, 0.6) is 0 Å². The molecule has 0 heterocycles. The Kier molecular flexibility index (Phi) is 6.75. The number of fused-ring (bicyclic) bond motifs is 3. The van der Waals surface area contributed by atoms with E-state index in [1.54, 1.807) is 0 Å². The maximum Gasteiger partial charge on any atom is 0.407 e. The maximum absolute atomic E-state index is 13.1. The van der Waals surface area contributed by atoms with Crippen LogP contribution in [0.2, 0.25) is 0 Å². The Hall–Kier alpha value is -3.35. The van der Waals surface area contributed by atoms with E-state index in [-0.39, 0.29) is 37.3 Å². The fourth-order valence-electron chi connectivity index (χ4n) is 5.46. The van der Waals surface area contributed by atoms with Crippen LogP contribution in [0, 0.1) is 11.8 Å². The van der Waals surface area contributed by atoms with Crippen LogP contribution in [0.25, 0.3) is 11.1 Å². The number of rotatable bonds is 10. The summed E-state index contributed by atoms with van der Waals surface area (Å²) in [5.41, 5.74) is 4.49. The summed E-state index contributed by atoms with van der Waals surface area (Å²) in [5.74, 6) is -0.421. The summed E-state index contributed by atoms with van der Waals surface area (Å²) in [7, 11) is 0. The summed E-state index contributed by atoms with van der Waals surface area (Å²) >= 11 is 0. The van der Waals surface area contributed by atoms with Gasteiger partial charge in [0.25, 0.3) is 0 Å². The van der Waals surface area contributed by atoms with Crippen molar-refractivity contribution in [2.75, 3.05) is 6.61 Å². The molecule has 2 saturated carbocycles. The number of alkyl carbamates (subject to hydrolysis) is 1. The minimum Gasteiger partial charge on any atom is -0.481 e. The molecule has 5 rings (SSSR count). The highest BCUT2D eigenvalue weighted by Crippen LogP contribution is 2.44. The largest absolute Gasteiger partial charge is 0.481 e. The summed E-state index contributed by atoms with van der Waals surface area (Å²) < 4.78 is 5.59. The number of carbonyl (C=O) groups is 3. The number of carboxylic acid groups (broad SMARTS) is 1. The van der Waals surface area contributed by atoms with Crippen molar-refractivity contribution in [1.82, 2.24) is 10.6 Å². The van der Waals surface area contributed by atoms with Gasteiger partial charge in [-0.25, -0.2) is 4.79 Å². The number of hydrogen-bond donors (Lipinski definition) is 3. The zero-order valence-electron chi connectivity index (χ0n) is 19.7. The molecule has 0 spiro atoms. The summed E-state index contributed by atoms with van der Waals surface area (Å²) in [5, 5.41) is 14.9. The van der Waals surface area contributed by atoms with Crippen LogP contribution in [0.4, 0.5) is 4.79 Å².